The molecule has 0 aliphatic carbocycles. The summed E-state index contributed by atoms with van der Waals surface area (Å²) in [6, 6.07) is 3.21. The summed E-state index contributed by atoms with van der Waals surface area (Å²) in [5.41, 5.74) is -0.531. The van der Waals surface area contributed by atoms with Crippen LogP contribution in [-0.4, -0.2) is 50.9 Å². The van der Waals surface area contributed by atoms with Gasteiger partial charge in [-0.3, -0.25) is 9.52 Å². The molecule has 0 bridgehead atoms. The number of hydrogen-bond donors (Lipinski definition) is 3. The summed E-state index contributed by atoms with van der Waals surface area (Å²) in [6.45, 7) is 1.63. The zero-order valence-electron chi connectivity index (χ0n) is 17.5. The molecule has 0 aliphatic rings. The van der Waals surface area contributed by atoms with Crippen molar-refractivity contribution in [3.8, 4) is 11.1 Å². The first-order chi connectivity index (χ1) is 16.1. The Labute approximate surface area is 191 Å². The van der Waals surface area contributed by atoms with Gasteiger partial charge in [-0.2, -0.15) is 9.78 Å². The first-order valence-corrected chi connectivity index (χ1v) is 11.5. The largest absolute Gasteiger partial charge is 0.463 e. The van der Waals surface area contributed by atoms with Crippen molar-refractivity contribution in [3.63, 3.8) is 0 Å². The van der Waals surface area contributed by atoms with E-state index < -0.39 is 44.8 Å². The summed E-state index contributed by atoms with van der Waals surface area (Å²) < 4.78 is 56.4. The fourth-order valence-electron chi connectivity index (χ4n) is 3.39. The quantitative estimate of drug-likeness (QED) is 0.336. The number of nitrogens with one attached hydrogen (secondary N) is 2. The highest BCUT2D eigenvalue weighted by molar-refractivity contribution is 7.92. The number of benzene rings is 1. The van der Waals surface area contributed by atoms with E-state index in [0.29, 0.717) is 15.8 Å². The van der Waals surface area contributed by atoms with Gasteiger partial charge >= 0.3 is 6.09 Å². The number of aromatic nitrogens is 4. The third-order valence-electron chi connectivity index (χ3n) is 4.94. The normalized spacial score (nSPS) is 11.6. The second-order valence-electron chi connectivity index (χ2n) is 7.31. The number of H-pyrrole nitrogens is 1. The molecule has 0 radical (unpaired) electrons. The van der Waals surface area contributed by atoms with Crippen LogP contribution in [0.25, 0.3) is 22.2 Å². The number of anilines is 1. The molecule has 0 spiro atoms. The molecule has 4 aromatic rings. The van der Waals surface area contributed by atoms with Crippen molar-refractivity contribution in [1.29, 1.82) is 0 Å². The van der Waals surface area contributed by atoms with Crippen molar-refractivity contribution in [2.24, 2.45) is 0 Å². The van der Waals surface area contributed by atoms with Gasteiger partial charge in [0, 0.05) is 40.7 Å². The number of sulfonamides is 1. The first-order valence-electron chi connectivity index (χ1n) is 9.90. The van der Waals surface area contributed by atoms with Gasteiger partial charge in [0.05, 0.1) is 23.2 Å². The van der Waals surface area contributed by atoms with Gasteiger partial charge in [-0.15, -0.1) is 0 Å². The molecule has 0 saturated carbocycles. The van der Waals surface area contributed by atoms with Crippen LogP contribution in [0, 0.1) is 11.6 Å². The number of pyridine rings is 1. The molecule has 0 aliphatic heterocycles. The lowest BCUT2D eigenvalue weighted by atomic mass is 10.0. The molecule has 4 rings (SSSR count). The van der Waals surface area contributed by atoms with E-state index in [-0.39, 0.29) is 28.8 Å². The number of fused-ring (bicyclic) bond motifs is 1. The molecule has 0 unspecified atom stereocenters. The molecule has 1 aromatic carbocycles. The van der Waals surface area contributed by atoms with Crippen molar-refractivity contribution in [3.05, 3.63) is 65.7 Å². The molecule has 176 valence electrons. The molecule has 0 atom stereocenters. The van der Waals surface area contributed by atoms with E-state index >= 15 is 4.39 Å². The van der Waals surface area contributed by atoms with Gasteiger partial charge in [0.2, 0.25) is 15.8 Å². The second kappa shape index (κ2) is 8.67. The third kappa shape index (κ3) is 4.24. The third-order valence-corrected chi connectivity index (χ3v) is 6.42. The summed E-state index contributed by atoms with van der Waals surface area (Å²) in [5, 5.41) is 12.9. The van der Waals surface area contributed by atoms with Crippen molar-refractivity contribution in [2.45, 2.75) is 13.3 Å². The highest BCUT2D eigenvalue weighted by Gasteiger charge is 2.26. The van der Waals surface area contributed by atoms with Crippen molar-refractivity contribution < 1.29 is 31.9 Å². The predicted molar refractivity (Wildman–Crippen MR) is 118 cm³/mol. The zero-order valence-corrected chi connectivity index (χ0v) is 18.4. The summed E-state index contributed by atoms with van der Waals surface area (Å²) >= 11 is 0. The fraction of sp³-hybridized carbons (Fsp3) is 0.143. The van der Waals surface area contributed by atoms with Gasteiger partial charge in [0.15, 0.2) is 5.82 Å². The van der Waals surface area contributed by atoms with Gasteiger partial charge in [-0.05, 0) is 24.6 Å². The fourth-order valence-corrected chi connectivity index (χ4v) is 4.52. The Morgan fingerprint density at radius 3 is 2.65 bits per heavy atom. The Hall–Kier alpha value is -4.13. The minimum Gasteiger partial charge on any atom is -0.463 e. The Bertz CT molecular complexity index is 1540. The van der Waals surface area contributed by atoms with E-state index in [4.69, 9.17) is 5.11 Å². The van der Waals surface area contributed by atoms with E-state index in [9.17, 15) is 22.4 Å². The lowest BCUT2D eigenvalue weighted by Crippen LogP contribution is -2.18. The van der Waals surface area contributed by atoms with E-state index in [2.05, 4.69) is 15.1 Å². The number of nitrogens with zero attached hydrogens (tertiary/aromatic N) is 3. The van der Waals surface area contributed by atoms with Crippen LogP contribution in [0.4, 0.5) is 19.3 Å². The van der Waals surface area contributed by atoms with Crippen LogP contribution in [0.2, 0.25) is 0 Å². The van der Waals surface area contributed by atoms with Gasteiger partial charge in [-0.25, -0.2) is 27.0 Å². The number of rotatable bonds is 7. The topological polar surface area (TPSA) is 147 Å². The summed E-state index contributed by atoms with van der Waals surface area (Å²) in [4.78, 5) is 31.1. The van der Waals surface area contributed by atoms with Gasteiger partial charge in [-0.1, -0.05) is 6.92 Å². The highest BCUT2D eigenvalue weighted by atomic mass is 32.2. The van der Waals surface area contributed by atoms with E-state index in [1.165, 1.54) is 30.9 Å². The van der Waals surface area contributed by atoms with Crippen LogP contribution < -0.4 is 4.72 Å². The zero-order chi connectivity index (χ0) is 24.6. The Kier molecular flexibility index (Phi) is 5.87. The average Bonchev–Trinajstić information content (AvgIpc) is 3.42. The van der Waals surface area contributed by atoms with Crippen LogP contribution in [0.15, 0.2) is 43.0 Å². The van der Waals surface area contributed by atoms with Gasteiger partial charge in [0.1, 0.15) is 11.5 Å². The smallest absolute Gasteiger partial charge is 0.432 e. The minimum atomic E-state index is -3.88. The minimum absolute atomic E-state index is 0.110. The Morgan fingerprint density at radius 1 is 1.21 bits per heavy atom. The number of carboxylic acid groups (broad SMARTS) is 1. The molecule has 3 heterocycles. The summed E-state index contributed by atoms with van der Waals surface area (Å²) in [6.07, 6.45) is 4.16. The summed E-state index contributed by atoms with van der Waals surface area (Å²) in [5.74, 6) is -3.81. The standard InChI is InChI=1S/C21H17F2N5O5S/c1-2-5-34(32,33)27-16-4-3-15(22)17(18(16)23)19(29)14-9-25-20-13(14)6-11(7-24-20)12-8-26-28(10-12)21(30)31/h3-4,6-10,27H,2,5H2,1H3,(H,24,25)(H,30,31). The number of aromatic amines is 1. The second-order valence-corrected chi connectivity index (χ2v) is 9.15. The Morgan fingerprint density at radius 2 is 1.97 bits per heavy atom. The van der Waals surface area contributed by atoms with Crippen LogP contribution in [0.5, 0.6) is 0 Å². The van der Waals surface area contributed by atoms with E-state index in [1.54, 1.807) is 6.92 Å². The van der Waals surface area contributed by atoms with Crippen LogP contribution in [0.1, 0.15) is 29.3 Å². The number of carbonyl (C=O) groups is 2. The van der Waals surface area contributed by atoms with Gasteiger partial charge in [0.25, 0.3) is 0 Å². The lowest BCUT2D eigenvalue weighted by molar-refractivity contribution is 0.103. The van der Waals surface area contributed by atoms with Crippen molar-refractivity contribution >= 4 is 38.6 Å². The molecule has 0 saturated heterocycles. The monoisotopic (exact) mass is 489 g/mol. The molecule has 10 nitrogen and oxygen atoms in total. The maximum absolute atomic E-state index is 15.1. The predicted octanol–water partition coefficient (Wildman–Crippen LogP) is 3.61. The summed E-state index contributed by atoms with van der Waals surface area (Å²) in [7, 11) is -3.88. The van der Waals surface area contributed by atoms with Crippen LogP contribution >= 0.6 is 0 Å². The maximum Gasteiger partial charge on any atom is 0.432 e. The number of halogens is 2. The van der Waals surface area contributed by atoms with Crippen molar-refractivity contribution in [2.75, 3.05) is 10.5 Å². The molecule has 34 heavy (non-hydrogen) atoms. The van der Waals surface area contributed by atoms with Crippen LogP contribution in [-0.2, 0) is 10.0 Å². The maximum atomic E-state index is 15.1. The van der Waals surface area contributed by atoms with Crippen LogP contribution in [0.3, 0.4) is 0 Å². The van der Waals surface area contributed by atoms with E-state index in [1.807, 2.05) is 4.72 Å². The van der Waals surface area contributed by atoms with E-state index in [0.717, 1.165) is 12.1 Å². The van der Waals surface area contributed by atoms with Crippen molar-refractivity contribution in [1.82, 2.24) is 19.7 Å². The number of ketones is 1. The average molecular weight is 489 g/mol. The Balaban J connectivity index is 1.77. The molecular weight excluding hydrogens is 472 g/mol. The SMILES string of the molecule is CCCS(=O)(=O)Nc1ccc(F)c(C(=O)c2c[nH]c3ncc(-c4cnn(C(=O)O)c4)cc23)c1F. The first kappa shape index (κ1) is 23.0. The lowest BCUT2D eigenvalue weighted by Gasteiger charge is -2.11. The highest BCUT2D eigenvalue weighted by Crippen LogP contribution is 2.29. The number of carbonyl (C=O) groups excluding carboxylic acids is 1. The molecular formula is C21H17F2N5O5S. The molecule has 0 amide bonds. The number of hydrogen-bond acceptors (Lipinski definition) is 6. The molecule has 0 fully saturated rings. The molecule has 13 heteroatoms. The van der Waals surface area contributed by atoms with Gasteiger partial charge < -0.3 is 10.1 Å². The molecule has 3 aromatic heterocycles. The molecule has 3 N–H and O–H groups in total.